The molecule has 29 heavy (non-hydrogen) atoms. The maximum atomic E-state index is 4.98. The van der Waals surface area contributed by atoms with Gasteiger partial charge in [0, 0.05) is 0 Å². The molecule has 1 aliphatic carbocycles. The molecule has 2 heterocycles. The van der Waals surface area contributed by atoms with E-state index in [9.17, 15) is 0 Å². The number of aryl methyl sites for hydroxylation is 2. The van der Waals surface area contributed by atoms with E-state index in [1.165, 1.54) is 22.3 Å². The number of hydrogen-bond acceptors (Lipinski definition) is 2. The summed E-state index contributed by atoms with van der Waals surface area (Å²) in [5.41, 5.74) is 6.54. The van der Waals surface area contributed by atoms with Crippen LogP contribution in [0.3, 0.4) is 0 Å². The van der Waals surface area contributed by atoms with Crippen LogP contribution in [0.15, 0.2) is 94.1 Å². The quantitative estimate of drug-likeness (QED) is 0.291. The number of pyridine rings is 2. The molecule has 0 aliphatic heterocycles. The normalized spacial score (nSPS) is 14.6. The van der Waals surface area contributed by atoms with E-state index in [4.69, 9.17) is 9.97 Å². The van der Waals surface area contributed by atoms with Crippen LogP contribution in [-0.4, -0.2) is 9.97 Å². The van der Waals surface area contributed by atoms with Crippen LogP contribution in [0.2, 0.25) is 0 Å². The van der Waals surface area contributed by atoms with Gasteiger partial charge in [-0.3, -0.25) is 0 Å². The van der Waals surface area contributed by atoms with E-state index in [1.807, 2.05) is 12.1 Å². The van der Waals surface area contributed by atoms with Crippen molar-refractivity contribution >= 4 is 31.9 Å². The lowest BCUT2D eigenvalue weighted by Crippen LogP contribution is -2.34. The van der Waals surface area contributed by atoms with Gasteiger partial charge in [-0.1, -0.05) is 60.7 Å². The first-order valence-electron chi connectivity index (χ1n) is 9.62. The fourth-order valence-corrected chi connectivity index (χ4v) is 5.23. The second-order valence-corrected chi connectivity index (χ2v) is 8.88. The molecule has 0 spiro atoms. The fourth-order valence-electron chi connectivity index (χ4n) is 4.54. The molecule has 0 fully saturated rings. The third kappa shape index (κ3) is 3.06. The number of rotatable bonds is 2. The number of nitrogens with zero attached hydrogens (tertiary/aromatic N) is 2. The Bertz CT molecular complexity index is 1110. The van der Waals surface area contributed by atoms with Crippen molar-refractivity contribution in [3.05, 3.63) is 128 Å². The minimum Gasteiger partial charge on any atom is -0.244 e. The predicted octanol–water partition coefficient (Wildman–Crippen LogP) is 6.48. The molecule has 5 rings (SSSR count). The molecule has 0 N–H and O–H groups in total. The van der Waals surface area contributed by atoms with Gasteiger partial charge in [-0.15, -0.1) is 0 Å². The zero-order valence-electron chi connectivity index (χ0n) is 15.6. The van der Waals surface area contributed by atoms with Crippen molar-refractivity contribution < 1.29 is 0 Å². The molecule has 0 bridgehead atoms. The Morgan fingerprint density at radius 2 is 1.00 bits per heavy atom. The van der Waals surface area contributed by atoms with Crippen molar-refractivity contribution in [2.75, 3.05) is 0 Å². The summed E-state index contributed by atoms with van der Waals surface area (Å²) in [6.45, 7) is 0. The molecule has 0 saturated carbocycles. The van der Waals surface area contributed by atoms with E-state index in [-0.39, 0.29) is 0 Å². The van der Waals surface area contributed by atoms with Gasteiger partial charge in [0.05, 0.1) is 11.4 Å². The third-order valence-corrected chi connectivity index (χ3v) is 6.59. The molecule has 0 unspecified atom stereocenters. The van der Waals surface area contributed by atoms with Crippen LogP contribution < -0.4 is 0 Å². The third-order valence-electron chi connectivity index (χ3n) is 5.71. The van der Waals surface area contributed by atoms with Crippen molar-refractivity contribution in [3.63, 3.8) is 0 Å². The molecule has 2 nitrogen and oxygen atoms in total. The van der Waals surface area contributed by atoms with Crippen LogP contribution in [-0.2, 0) is 18.3 Å². The number of aromatic nitrogens is 2. The molecule has 2 aromatic heterocycles. The van der Waals surface area contributed by atoms with Gasteiger partial charge in [0.1, 0.15) is 14.6 Å². The minimum atomic E-state index is -0.586. The standard InChI is InChI=1S/C25H18Br2N2/c26-23-13-5-11-21(28-23)25(22-12-6-14-24(27)29-22)19-9-3-1-7-17(19)15-16-18-8-2-4-10-20(18)25/h1-14H,15-16H2. The SMILES string of the molecule is Brc1cccc(C2(c3cccc(Br)n3)c3ccccc3CCc3ccccc32)n1. The average Bonchev–Trinajstić information content (AvgIpc) is 2.89. The molecular formula is C25H18Br2N2. The van der Waals surface area contributed by atoms with Gasteiger partial charge in [0.15, 0.2) is 0 Å². The van der Waals surface area contributed by atoms with Gasteiger partial charge in [0.25, 0.3) is 0 Å². The topological polar surface area (TPSA) is 25.8 Å². The number of fused-ring (bicyclic) bond motifs is 2. The lowest BCUT2D eigenvalue weighted by molar-refractivity contribution is 0.679. The molecule has 4 aromatic rings. The minimum absolute atomic E-state index is 0.586. The lowest BCUT2D eigenvalue weighted by atomic mass is 9.67. The van der Waals surface area contributed by atoms with Crippen LogP contribution in [0.4, 0.5) is 0 Å². The van der Waals surface area contributed by atoms with Gasteiger partial charge in [-0.2, -0.15) is 0 Å². The Hall–Kier alpha value is -2.30. The molecule has 2 aromatic carbocycles. The molecule has 4 heteroatoms. The summed E-state index contributed by atoms with van der Waals surface area (Å²) < 4.78 is 1.65. The van der Waals surface area contributed by atoms with Crippen LogP contribution in [0.25, 0.3) is 0 Å². The first kappa shape index (κ1) is 18.7. The monoisotopic (exact) mass is 504 g/mol. The first-order valence-corrected chi connectivity index (χ1v) is 11.2. The van der Waals surface area contributed by atoms with Crippen molar-refractivity contribution in [3.8, 4) is 0 Å². The fraction of sp³-hybridized carbons (Fsp3) is 0.120. The summed E-state index contributed by atoms with van der Waals surface area (Å²) in [4.78, 5) is 9.95. The van der Waals surface area contributed by atoms with E-state index in [0.29, 0.717) is 0 Å². The molecule has 0 saturated heterocycles. The summed E-state index contributed by atoms with van der Waals surface area (Å²) in [6, 6.07) is 29.8. The van der Waals surface area contributed by atoms with E-state index < -0.39 is 5.41 Å². The van der Waals surface area contributed by atoms with Crippen molar-refractivity contribution in [2.45, 2.75) is 18.3 Å². The maximum Gasteiger partial charge on any atom is 0.106 e. The summed E-state index contributed by atoms with van der Waals surface area (Å²) in [5.74, 6) is 0. The van der Waals surface area contributed by atoms with E-state index in [1.54, 1.807) is 0 Å². The molecule has 0 atom stereocenters. The number of halogens is 2. The smallest absolute Gasteiger partial charge is 0.106 e. The van der Waals surface area contributed by atoms with Crippen molar-refractivity contribution in [1.82, 2.24) is 9.97 Å². The molecule has 0 amide bonds. The Balaban J connectivity index is 2.00. The maximum absolute atomic E-state index is 4.98. The van der Waals surface area contributed by atoms with Crippen LogP contribution in [0.5, 0.6) is 0 Å². The van der Waals surface area contributed by atoms with Gasteiger partial charge in [-0.05, 0) is 91.2 Å². The second-order valence-electron chi connectivity index (χ2n) is 7.26. The van der Waals surface area contributed by atoms with Crippen LogP contribution in [0.1, 0.15) is 33.6 Å². The summed E-state index contributed by atoms with van der Waals surface area (Å²) >= 11 is 7.20. The number of hydrogen-bond donors (Lipinski definition) is 0. The van der Waals surface area contributed by atoms with Gasteiger partial charge >= 0.3 is 0 Å². The molecular weight excluding hydrogens is 488 g/mol. The van der Waals surface area contributed by atoms with Crippen molar-refractivity contribution in [1.29, 1.82) is 0 Å². The summed E-state index contributed by atoms with van der Waals surface area (Å²) in [5, 5.41) is 0. The largest absolute Gasteiger partial charge is 0.244 e. The Morgan fingerprint density at radius 3 is 1.45 bits per heavy atom. The molecule has 1 aliphatic rings. The first-order chi connectivity index (χ1) is 14.2. The molecule has 142 valence electrons. The zero-order chi connectivity index (χ0) is 19.8. The second kappa shape index (κ2) is 7.51. The Kier molecular flexibility index (Phi) is 4.84. The Labute approximate surface area is 187 Å². The Morgan fingerprint density at radius 1 is 0.552 bits per heavy atom. The van der Waals surface area contributed by atoms with Crippen LogP contribution in [0, 0.1) is 0 Å². The van der Waals surface area contributed by atoms with Gasteiger partial charge < -0.3 is 0 Å². The summed E-state index contributed by atoms with van der Waals surface area (Å²) in [7, 11) is 0. The van der Waals surface area contributed by atoms with Gasteiger partial charge in [0.2, 0.25) is 0 Å². The van der Waals surface area contributed by atoms with Gasteiger partial charge in [-0.25, -0.2) is 9.97 Å². The van der Waals surface area contributed by atoms with E-state index in [2.05, 4.69) is 105 Å². The highest BCUT2D eigenvalue weighted by molar-refractivity contribution is 9.10. The van der Waals surface area contributed by atoms with E-state index in [0.717, 1.165) is 33.4 Å². The van der Waals surface area contributed by atoms with Crippen LogP contribution >= 0.6 is 31.9 Å². The zero-order valence-corrected chi connectivity index (χ0v) is 18.8. The average molecular weight is 506 g/mol. The highest BCUT2D eigenvalue weighted by Gasteiger charge is 2.45. The highest BCUT2D eigenvalue weighted by atomic mass is 79.9. The lowest BCUT2D eigenvalue weighted by Gasteiger charge is -2.36. The number of benzene rings is 2. The van der Waals surface area contributed by atoms with Crippen molar-refractivity contribution in [2.24, 2.45) is 0 Å². The van der Waals surface area contributed by atoms with E-state index >= 15 is 0 Å². The highest BCUT2D eigenvalue weighted by Crippen LogP contribution is 2.48. The predicted molar refractivity (Wildman–Crippen MR) is 123 cm³/mol. The summed E-state index contributed by atoms with van der Waals surface area (Å²) in [6.07, 6.45) is 1.99. The molecule has 0 radical (unpaired) electrons.